The normalized spacial score (nSPS) is 11.0. The van der Waals surface area contributed by atoms with Crippen LogP contribution in [0.3, 0.4) is 0 Å². The van der Waals surface area contributed by atoms with Crippen molar-refractivity contribution < 1.29 is 0 Å². The highest BCUT2D eigenvalue weighted by Gasteiger charge is 2.07. The first-order valence-corrected chi connectivity index (χ1v) is 8.29. The average molecular weight is 328 g/mol. The molecule has 0 saturated heterocycles. The van der Waals surface area contributed by atoms with Crippen LogP contribution in [0.1, 0.15) is 5.69 Å². The number of benzene rings is 1. The van der Waals surface area contributed by atoms with Gasteiger partial charge in [0.2, 0.25) is 0 Å². The van der Waals surface area contributed by atoms with E-state index >= 15 is 0 Å². The van der Waals surface area contributed by atoms with Crippen LogP contribution in [-0.4, -0.2) is 29.0 Å². The molecule has 0 fully saturated rings. The molecule has 0 bridgehead atoms. The number of rotatable bonds is 3. The summed E-state index contributed by atoms with van der Waals surface area (Å²) in [5, 5.41) is 1.19. The van der Waals surface area contributed by atoms with Crippen LogP contribution >= 0.6 is 0 Å². The van der Waals surface area contributed by atoms with Gasteiger partial charge >= 0.3 is 0 Å². The van der Waals surface area contributed by atoms with Gasteiger partial charge in [-0.2, -0.15) is 0 Å². The Labute approximate surface area is 147 Å². The summed E-state index contributed by atoms with van der Waals surface area (Å²) in [6.07, 6.45) is 5.64. The Bertz CT molecular complexity index is 1050. The third-order valence-corrected chi connectivity index (χ3v) is 4.40. The zero-order valence-electron chi connectivity index (χ0n) is 14.6. The molecule has 4 aromatic rings. The van der Waals surface area contributed by atoms with Gasteiger partial charge in [-0.25, -0.2) is 0 Å². The molecule has 25 heavy (non-hydrogen) atoms. The molecule has 0 aliphatic heterocycles. The molecule has 3 aromatic heterocycles. The van der Waals surface area contributed by atoms with Crippen LogP contribution in [0.15, 0.2) is 61.1 Å². The van der Waals surface area contributed by atoms with Crippen LogP contribution in [0.5, 0.6) is 0 Å². The summed E-state index contributed by atoms with van der Waals surface area (Å²) < 4.78 is 0. The summed E-state index contributed by atoms with van der Waals surface area (Å²) in [4.78, 5) is 14.2. The molecule has 0 amide bonds. The van der Waals surface area contributed by atoms with Crippen LogP contribution in [0, 0.1) is 6.92 Å². The Morgan fingerprint density at radius 1 is 0.880 bits per heavy atom. The lowest BCUT2D eigenvalue weighted by molar-refractivity contribution is 1.11. The maximum absolute atomic E-state index is 4.37. The van der Waals surface area contributed by atoms with Crippen molar-refractivity contribution in [2.45, 2.75) is 6.92 Å². The Balaban J connectivity index is 1.77. The molecule has 0 unspecified atom stereocenters. The molecule has 0 aliphatic carbocycles. The van der Waals surface area contributed by atoms with Crippen molar-refractivity contribution in [2.24, 2.45) is 0 Å². The second kappa shape index (κ2) is 6.06. The number of nitrogens with zero attached hydrogens (tertiary/aromatic N) is 3. The van der Waals surface area contributed by atoms with E-state index in [1.807, 2.05) is 45.7 Å². The van der Waals surface area contributed by atoms with Gasteiger partial charge in [-0.3, -0.25) is 9.97 Å². The third kappa shape index (κ3) is 2.98. The first-order chi connectivity index (χ1) is 12.1. The van der Waals surface area contributed by atoms with Crippen molar-refractivity contribution in [2.75, 3.05) is 19.0 Å². The van der Waals surface area contributed by atoms with Crippen molar-refractivity contribution >= 4 is 16.6 Å². The lowest BCUT2D eigenvalue weighted by atomic mass is 10.1. The summed E-state index contributed by atoms with van der Waals surface area (Å²) in [7, 11) is 4.05. The second-order valence-corrected chi connectivity index (χ2v) is 6.50. The summed E-state index contributed by atoms with van der Waals surface area (Å²) in [6, 6.07) is 14.9. The highest BCUT2D eigenvalue weighted by molar-refractivity contribution is 5.89. The van der Waals surface area contributed by atoms with Crippen LogP contribution in [0.2, 0.25) is 0 Å². The number of nitrogens with one attached hydrogen (secondary N) is 1. The monoisotopic (exact) mass is 328 g/mol. The standard InChI is InChI=1S/C21H20N4/c1-14-8-16(6-7-23-14)21-11-17-9-15(4-5-20(17)24-21)18-10-19(25(2)3)13-22-12-18/h4-13,24H,1-3H3. The summed E-state index contributed by atoms with van der Waals surface area (Å²) in [5.41, 5.74) is 7.79. The lowest BCUT2D eigenvalue weighted by Crippen LogP contribution is -2.08. The van der Waals surface area contributed by atoms with Gasteiger partial charge in [0.15, 0.2) is 0 Å². The Morgan fingerprint density at radius 2 is 1.76 bits per heavy atom. The molecular weight excluding hydrogens is 308 g/mol. The Kier molecular flexibility index (Phi) is 3.73. The fourth-order valence-electron chi connectivity index (χ4n) is 3.01. The summed E-state index contributed by atoms with van der Waals surface area (Å²) in [5.74, 6) is 0. The Morgan fingerprint density at radius 3 is 2.56 bits per heavy atom. The topological polar surface area (TPSA) is 44.8 Å². The minimum atomic E-state index is 1.02. The zero-order chi connectivity index (χ0) is 17.4. The Hall–Kier alpha value is -3.14. The molecule has 0 saturated carbocycles. The molecule has 4 nitrogen and oxygen atoms in total. The molecule has 3 heterocycles. The van der Waals surface area contributed by atoms with Gasteiger partial charge in [-0.05, 0) is 48.9 Å². The molecule has 0 aliphatic rings. The largest absolute Gasteiger partial charge is 0.376 e. The molecule has 4 heteroatoms. The highest BCUT2D eigenvalue weighted by Crippen LogP contribution is 2.29. The van der Waals surface area contributed by atoms with Gasteiger partial charge in [0.25, 0.3) is 0 Å². The predicted octanol–water partition coefficient (Wildman–Crippen LogP) is 4.67. The minimum absolute atomic E-state index is 1.02. The van der Waals surface area contributed by atoms with Crippen molar-refractivity contribution in [3.05, 3.63) is 66.7 Å². The number of pyridine rings is 2. The fraction of sp³-hybridized carbons (Fsp3) is 0.143. The van der Waals surface area contributed by atoms with E-state index in [0.29, 0.717) is 0 Å². The number of hydrogen-bond acceptors (Lipinski definition) is 3. The smallest absolute Gasteiger partial charge is 0.0553 e. The number of aromatic amines is 1. The zero-order valence-corrected chi connectivity index (χ0v) is 14.6. The van der Waals surface area contributed by atoms with Crippen LogP contribution in [0.4, 0.5) is 5.69 Å². The third-order valence-electron chi connectivity index (χ3n) is 4.40. The van der Waals surface area contributed by atoms with E-state index in [-0.39, 0.29) is 0 Å². The van der Waals surface area contributed by atoms with E-state index in [0.717, 1.165) is 33.7 Å². The first-order valence-electron chi connectivity index (χ1n) is 8.29. The van der Waals surface area contributed by atoms with Crippen molar-refractivity contribution in [1.29, 1.82) is 0 Å². The van der Waals surface area contributed by atoms with Crippen molar-refractivity contribution in [1.82, 2.24) is 15.0 Å². The van der Waals surface area contributed by atoms with Gasteiger partial charge in [0.1, 0.15) is 0 Å². The number of aryl methyl sites for hydroxylation is 1. The van der Waals surface area contributed by atoms with E-state index in [9.17, 15) is 0 Å². The van der Waals surface area contributed by atoms with E-state index in [1.54, 1.807) is 0 Å². The number of anilines is 1. The minimum Gasteiger partial charge on any atom is -0.376 e. The van der Waals surface area contributed by atoms with E-state index in [4.69, 9.17) is 0 Å². The number of fused-ring (bicyclic) bond motifs is 1. The van der Waals surface area contributed by atoms with Crippen LogP contribution < -0.4 is 4.90 Å². The predicted molar refractivity (Wildman–Crippen MR) is 104 cm³/mol. The number of aromatic nitrogens is 3. The molecule has 0 radical (unpaired) electrons. The average Bonchev–Trinajstić information content (AvgIpc) is 3.05. The highest BCUT2D eigenvalue weighted by atomic mass is 15.1. The van der Waals surface area contributed by atoms with Crippen LogP contribution in [0.25, 0.3) is 33.3 Å². The molecule has 0 spiro atoms. The van der Waals surface area contributed by atoms with E-state index in [2.05, 4.69) is 56.3 Å². The molecular formula is C21H20N4. The second-order valence-electron chi connectivity index (χ2n) is 6.50. The number of H-pyrrole nitrogens is 1. The van der Waals surface area contributed by atoms with Gasteiger partial charge in [0, 0.05) is 59.9 Å². The first kappa shape index (κ1) is 15.4. The fourth-order valence-corrected chi connectivity index (χ4v) is 3.01. The van der Waals surface area contributed by atoms with E-state index in [1.165, 1.54) is 10.9 Å². The summed E-state index contributed by atoms with van der Waals surface area (Å²) >= 11 is 0. The van der Waals surface area contributed by atoms with Gasteiger partial charge < -0.3 is 9.88 Å². The SMILES string of the molecule is Cc1cc(-c2cc3cc(-c4cncc(N(C)C)c4)ccc3[nH]2)ccn1. The van der Waals surface area contributed by atoms with E-state index < -0.39 is 0 Å². The van der Waals surface area contributed by atoms with Crippen molar-refractivity contribution in [3.8, 4) is 22.4 Å². The van der Waals surface area contributed by atoms with Crippen molar-refractivity contribution in [3.63, 3.8) is 0 Å². The molecule has 1 aromatic carbocycles. The van der Waals surface area contributed by atoms with Gasteiger partial charge in [-0.1, -0.05) is 6.07 Å². The molecule has 0 atom stereocenters. The maximum atomic E-state index is 4.37. The van der Waals surface area contributed by atoms with Crippen LogP contribution in [-0.2, 0) is 0 Å². The molecule has 1 N–H and O–H groups in total. The lowest BCUT2D eigenvalue weighted by Gasteiger charge is -2.13. The van der Waals surface area contributed by atoms with Gasteiger partial charge in [-0.15, -0.1) is 0 Å². The van der Waals surface area contributed by atoms with Gasteiger partial charge in [0.05, 0.1) is 11.9 Å². The quantitative estimate of drug-likeness (QED) is 0.594. The molecule has 124 valence electrons. The maximum Gasteiger partial charge on any atom is 0.0553 e. The summed E-state index contributed by atoms with van der Waals surface area (Å²) in [6.45, 7) is 2.01. The number of hydrogen-bond donors (Lipinski definition) is 1. The molecule has 4 rings (SSSR count).